The van der Waals surface area contributed by atoms with E-state index >= 15 is 0 Å². The number of hydrogen-bond donors (Lipinski definition) is 0. The molecule has 2 fully saturated rings. The zero-order chi connectivity index (χ0) is 15.4. The van der Waals surface area contributed by atoms with Crippen molar-refractivity contribution >= 4 is 0 Å². The van der Waals surface area contributed by atoms with E-state index in [9.17, 15) is 0 Å². The van der Waals surface area contributed by atoms with Crippen LogP contribution < -0.4 is 0 Å². The molecule has 122 valence electrons. The average Bonchev–Trinajstić information content (AvgIpc) is 2.75. The lowest BCUT2D eigenvalue weighted by Gasteiger charge is -2.31. The second kappa shape index (κ2) is 7.04. The van der Waals surface area contributed by atoms with Crippen LogP contribution >= 0.6 is 0 Å². The molecule has 0 amide bonds. The summed E-state index contributed by atoms with van der Waals surface area (Å²) in [6, 6.07) is 6.09. The molecule has 2 aliphatic rings. The summed E-state index contributed by atoms with van der Waals surface area (Å²) < 4.78 is 12.1. The minimum Gasteiger partial charge on any atom is -0.377 e. The molecule has 1 aromatic heterocycles. The SMILES string of the molecule is CN(C)C[C@H]1CO[C@@]2(COCCN(Cc3ccccn3)C2)C1. The van der Waals surface area contributed by atoms with Crippen molar-refractivity contribution in [3.05, 3.63) is 30.1 Å². The highest BCUT2D eigenvalue weighted by molar-refractivity contribution is 5.04. The summed E-state index contributed by atoms with van der Waals surface area (Å²) in [5.74, 6) is 0.605. The molecule has 5 nitrogen and oxygen atoms in total. The molecule has 2 atom stereocenters. The first-order chi connectivity index (χ1) is 10.7. The maximum atomic E-state index is 6.23. The third-order valence-corrected chi connectivity index (χ3v) is 4.45. The van der Waals surface area contributed by atoms with E-state index < -0.39 is 0 Å². The summed E-state index contributed by atoms with van der Waals surface area (Å²) in [6.45, 7) is 6.17. The Hall–Kier alpha value is -1.01. The number of hydrogen-bond acceptors (Lipinski definition) is 5. The molecular formula is C17H27N3O2. The molecule has 2 aliphatic heterocycles. The lowest BCUT2D eigenvalue weighted by atomic mass is 9.94. The van der Waals surface area contributed by atoms with Gasteiger partial charge in [0.15, 0.2) is 0 Å². The van der Waals surface area contributed by atoms with Crippen LogP contribution in [0.15, 0.2) is 24.4 Å². The molecule has 1 spiro atoms. The second-order valence-electron chi connectivity index (χ2n) is 6.91. The van der Waals surface area contributed by atoms with Gasteiger partial charge in [-0.15, -0.1) is 0 Å². The van der Waals surface area contributed by atoms with Crippen LogP contribution in [0.3, 0.4) is 0 Å². The smallest absolute Gasteiger partial charge is 0.104 e. The Kier molecular flexibility index (Phi) is 5.08. The highest BCUT2D eigenvalue weighted by Gasteiger charge is 2.43. The molecule has 5 heteroatoms. The summed E-state index contributed by atoms with van der Waals surface area (Å²) in [4.78, 5) is 9.11. The average molecular weight is 305 g/mol. The van der Waals surface area contributed by atoms with Crippen molar-refractivity contribution in [1.29, 1.82) is 0 Å². The quantitative estimate of drug-likeness (QED) is 0.837. The van der Waals surface area contributed by atoms with Gasteiger partial charge in [-0.25, -0.2) is 0 Å². The minimum absolute atomic E-state index is 0.133. The van der Waals surface area contributed by atoms with Gasteiger partial charge in [0.1, 0.15) is 5.60 Å². The van der Waals surface area contributed by atoms with Gasteiger partial charge in [-0.05, 0) is 38.6 Å². The van der Waals surface area contributed by atoms with Crippen molar-refractivity contribution in [3.63, 3.8) is 0 Å². The van der Waals surface area contributed by atoms with Gasteiger partial charge in [0, 0.05) is 32.4 Å². The lowest BCUT2D eigenvalue weighted by molar-refractivity contribution is -0.0563. The van der Waals surface area contributed by atoms with Gasteiger partial charge in [0.25, 0.3) is 0 Å². The molecule has 1 aromatic rings. The van der Waals surface area contributed by atoms with Crippen LogP contribution in [-0.4, -0.2) is 73.9 Å². The van der Waals surface area contributed by atoms with E-state index in [2.05, 4.69) is 34.9 Å². The molecular weight excluding hydrogens is 278 g/mol. The molecule has 22 heavy (non-hydrogen) atoms. The first kappa shape index (κ1) is 15.9. The Morgan fingerprint density at radius 3 is 3.09 bits per heavy atom. The third-order valence-electron chi connectivity index (χ3n) is 4.45. The summed E-state index contributed by atoms with van der Waals surface area (Å²) in [6.07, 6.45) is 2.95. The van der Waals surface area contributed by atoms with Gasteiger partial charge >= 0.3 is 0 Å². The summed E-state index contributed by atoms with van der Waals surface area (Å²) in [5.41, 5.74) is 0.980. The molecule has 3 heterocycles. The molecule has 0 aliphatic carbocycles. The van der Waals surface area contributed by atoms with Gasteiger partial charge in [-0.1, -0.05) is 6.07 Å². The van der Waals surface area contributed by atoms with Crippen LogP contribution in [0.2, 0.25) is 0 Å². The maximum Gasteiger partial charge on any atom is 0.104 e. The number of nitrogens with zero attached hydrogens (tertiary/aromatic N) is 3. The zero-order valence-corrected chi connectivity index (χ0v) is 13.7. The molecule has 0 unspecified atom stereocenters. The third kappa shape index (κ3) is 4.04. The fraction of sp³-hybridized carbons (Fsp3) is 0.706. The minimum atomic E-state index is -0.133. The van der Waals surface area contributed by atoms with Crippen molar-refractivity contribution in [2.45, 2.75) is 18.6 Å². The Bertz CT molecular complexity index is 468. The van der Waals surface area contributed by atoms with Gasteiger partial charge in [-0.2, -0.15) is 0 Å². The zero-order valence-electron chi connectivity index (χ0n) is 13.7. The van der Waals surface area contributed by atoms with Gasteiger partial charge in [0.05, 0.1) is 25.5 Å². The predicted molar refractivity (Wildman–Crippen MR) is 85.7 cm³/mol. The maximum absolute atomic E-state index is 6.23. The second-order valence-corrected chi connectivity index (χ2v) is 6.91. The van der Waals surface area contributed by atoms with Crippen molar-refractivity contribution in [2.75, 3.05) is 53.6 Å². The Morgan fingerprint density at radius 2 is 2.32 bits per heavy atom. The number of ether oxygens (including phenoxy) is 2. The molecule has 0 radical (unpaired) electrons. The number of pyridine rings is 1. The monoisotopic (exact) mass is 305 g/mol. The van der Waals surface area contributed by atoms with Gasteiger partial charge in [-0.3, -0.25) is 9.88 Å². The summed E-state index contributed by atoms with van der Waals surface area (Å²) in [7, 11) is 4.25. The van der Waals surface area contributed by atoms with Crippen LogP contribution in [0.25, 0.3) is 0 Å². The van der Waals surface area contributed by atoms with E-state index in [1.54, 1.807) is 0 Å². The van der Waals surface area contributed by atoms with Crippen molar-refractivity contribution in [2.24, 2.45) is 5.92 Å². The van der Waals surface area contributed by atoms with E-state index in [1.807, 2.05) is 18.3 Å². The van der Waals surface area contributed by atoms with E-state index in [-0.39, 0.29) is 5.60 Å². The predicted octanol–water partition coefficient (Wildman–Crippen LogP) is 1.25. The Labute approximate surface area is 133 Å². The van der Waals surface area contributed by atoms with Crippen LogP contribution in [0.4, 0.5) is 0 Å². The van der Waals surface area contributed by atoms with Crippen molar-refractivity contribution < 1.29 is 9.47 Å². The molecule has 2 saturated heterocycles. The van der Waals surface area contributed by atoms with E-state index in [1.165, 1.54) is 0 Å². The lowest BCUT2D eigenvalue weighted by Crippen LogP contribution is -2.44. The van der Waals surface area contributed by atoms with Crippen molar-refractivity contribution in [1.82, 2.24) is 14.8 Å². The molecule has 0 N–H and O–H groups in total. The van der Waals surface area contributed by atoms with E-state index in [4.69, 9.17) is 9.47 Å². The molecule has 3 rings (SSSR count). The standard InChI is InChI=1S/C17H27N3O2/c1-19(2)10-15-9-17(22-12-15)13-20(7-8-21-14-17)11-16-5-3-4-6-18-16/h3-6,15H,7-14H2,1-2H3/t15-,17-/m0/s1. The number of aromatic nitrogens is 1. The molecule has 0 aromatic carbocycles. The topological polar surface area (TPSA) is 37.8 Å². The van der Waals surface area contributed by atoms with Gasteiger partial charge < -0.3 is 14.4 Å². The number of rotatable bonds is 4. The van der Waals surface area contributed by atoms with Crippen LogP contribution in [0, 0.1) is 5.92 Å². The summed E-state index contributed by atoms with van der Waals surface area (Å²) >= 11 is 0. The van der Waals surface area contributed by atoms with Crippen LogP contribution in [0.5, 0.6) is 0 Å². The fourth-order valence-corrected chi connectivity index (χ4v) is 3.62. The van der Waals surface area contributed by atoms with Crippen LogP contribution in [0.1, 0.15) is 12.1 Å². The normalized spacial score (nSPS) is 30.0. The van der Waals surface area contributed by atoms with E-state index in [0.717, 1.165) is 58.1 Å². The first-order valence-electron chi connectivity index (χ1n) is 8.14. The van der Waals surface area contributed by atoms with E-state index in [0.29, 0.717) is 5.92 Å². The van der Waals surface area contributed by atoms with Crippen LogP contribution in [-0.2, 0) is 16.0 Å². The fourth-order valence-electron chi connectivity index (χ4n) is 3.62. The Balaban J connectivity index is 1.63. The highest BCUT2D eigenvalue weighted by atomic mass is 16.5. The summed E-state index contributed by atoms with van der Waals surface area (Å²) in [5, 5.41) is 0. The molecule has 0 bridgehead atoms. The van der Waals surface area contributed by atoms with Gasteiger partial charge in [0.2, 0.25) is 0 Å². The largest absolute Gasteiger partial charge is 0.377 e. The Morgan fingerprint density at radius 1 is 1.41 bits per heavy atom. The molecule has 0 saturated carbocycles. The highest BCUT2D eigenvalue weighted by Crippen LogP contribution is 2.33. The van der Waals surface area contributed by atoms with Crippen molar-refractivity contribution in [3.8, 4) is 0 Å². The first-order valence-corrected chi connectivity index (χ1v) is 8.14.